The standard InChI is InChI=1S/C11H15FN2O2/c1-11(2,13)7-14-10(15)16-9-5-3-8(12)4-6-9/h3-6H,7,13H2,1-2H3,(H,14,15). The first-order chi connectivity index (χ1) is 7.37. The summed E-state index contributed by atoms with van der Waals surface area (Å²) in [5, 5.41) is 2.51. The fraction of sp³-hybridized carbons (Fsp3) is 0.364. The lowest BCUT2D eigenvalue weighted by molar-refractivity contribution is 0.198. The van der Waals surface area contributed by atoms with Crippen molar-refractivity contribution in [3.8, 4) is 5.75 Å². The van der Waals surface area contributed by atoms with E-state index in [1.54, 1.807) is 13.8 Å². The molecule has 0 heterocycles. The second kappa shape index (κ2) is 4.94. The Labute approximate surface area is 93.6 Å². The molecule has 0 saturated carbocycles. The average molecular weight is 226 g/mol. The topological polar surface area (TPSA) is 64.3 Å². The van der Waals surface area contributed by atoms with Crippen LogP contribution in [0.2, 0.25) is 0 Å². The summed E-state index contributed by atoms with van der Waals surface area (Å²) in [4.78, 5) is 11.3. The highest BCUT2D eigenvalue weighted by Crippen LogP contribution is 2.10. The van der Waals surface area contributed by atoms with Crippen LogP contribution in [-0.2, 0) is 0 Å². The number of hydrogen-bond donors (Lipinski definition) is 2. The molecule has 0 saturated heterocycles. The average Bonchev–Trinajstić information content (AvgIpc) is 2.18. The SMILES string of the molecule is CC(C)(N)CNC(=O)Oc1ccc(F)cc1. The number of ether oxygens (including phenoxy) is 1. The van der Waals surface area contributed by atoms with E-state index < -0.39 is 11.6 Å². The Morgan fingerprint density at radius 2 is 2.00 bits per heavy atom. The van der Waals surface area contributed by atoms with Crippen molar-refractivity contribution >= 4 is 6.09 Å². The van der Waals surface area contributed by atoms with Crippen LogP contribution in [0.25, 0.3) is 0 Å². The summed E-state index contributed by atoms with van der Waals surface area (Å²) in [7, 11) is 0. The van der Waals surface area contributed by atoms with Gasteiger partial charge in [0.2, 0.25) is 0 Å². The third-order valence-electron chi connectivity index (χ3n) is 1.71. The number of nitrogens with one attached hydrogen (secondary N) is 1. The lowest BCUT2D eigenvalue weighted by Crippen LogP contribution is -2.45. The minimum atomic E-state index is -0.606. The van der Waals surface area contributed by atoms with E-state index in [0.717, 1.165) is 0 Å². The predicted octanol–water partition coefficient (Wildman–Crippen LogP) is 1.65. The van der Waals surface area contributed by atoms with Crippen molar-refractivity contribution in [3.05, 3.63) is 30.1 Å². The summed E-state index contributed by atoms with van der Waals surface area (Å²) in [6.07, 6.45) is -0.606. The van der Waals surface area contributed by atoms with Crippen LogP contribution in [0.15, 0.2) is 24.3 Å². The van der Waals surface area contributed by atoms with Gasteiger partial charge in [0.15, 0.2) is 0 Å². The molecule has 0 aliphatic heterocycles. The van der Waals surface area contributed by atoms with Gasteiger partial charge in [0.05, 0.1) is 0 Å². The van der Waals surface area contributed by atoms with Gasteiger partial charge < -0.3 is 15.8 Å². The van der Waals surface area contributed by atoms with E-state index >= 15 is 0 Å². The number of hydrogen-bond acceptors (Lipinski definition) is 3. The molecular weight excluding hydrogens is 211 g/mol. The third kappa shape index (κ3) is 4.75. The molecule has 0 spiro atoms. The Balaban J connectivity index is 2.43. The number of rotatable bonds is 3. The van der Waals surface area contributed by atoms with Crippen LogP contribution in [0.4, 0.5) is 9.18 Å². The minimum absolute atomic E-state index is 0.286. The van der Waals surface area contributed by atoms with Crippen LogP contribution < -0.4 is 15.8 Å². The van der Waals surface area contributed by atoms with E-state index in [0.29, 0.717) is 6.54 Å². The van der Waals surface area contributed by atoms with Crippen LogP contribution in [0, 0.1) is 5.82 Å². The fourth-order valence-electron chi connectivity index (χ4n) is 0.946. The van der Waals surface area contributed by atoms with Gasteiger partial charge in [-0.2, -0.15) is 0 Å². The van der Waals surface area contributed by atoms with Gasteiger partial charge in [-0.3, -0.25) is 0 Å². The van der Waals surface area contributed by atoms with Crippen molar-refractivity contribution in [2.75, 3.05) is 6.54 Å². The van der Waals surface area contributed by atoms with Gasteiger partial charge in [-0.15, -0.1) is 0 Å². The number of halogens is 1. The van der Waals surface area contributed by atoms with Gasteiger partial charge in [-0.1, -0.05) is 0 Å². The smallest absolute Gasteiger partial charge is 0.410 e. The molecule has 0 radical (unpaired) electrons. The molecule has 88 valence electrons. The highest BCUT2D eigenvalue weighted by molar-refractivity contribution is 5.70. The van der Waals surface area contributed by atoms with Crippen molar-refractivity contribution in [3.63, 3.8) is 0 Å². The summed E-state index contributed by atoms with van der Waals surface area (Å²) < 4.78 is 17.4. The van der Waals surface area contributed by atoms with Crippen LogP contribution in [0.1, 0.15) is 13.8 Å². The molecule has 16 heavy (non-hydrogen) atoms. The molecule has 0 atom stereocenters. The second-order valence-electron chi connectivity index (χ2n) is 4.19. The highest BCUT2D eigenvalue weighted by atomic mass is 19.1. The van der Waals surface area contributed by atoms with Crippen LogP contribution >= 0.6 is 0 Å². The van der Waals surface area contributed by atoms with Crippen LogP contribution in [0.5, 0.6) is 5.75 Å². The lowest BCUT2D eigenvalue weighted by Gasteiger charge is -2.18. The summed E-state index contributed by atoms with van der Waals surface area (Å²) in [5.74, 6) is -0.0930. The van der Waals surface area contributed by atoms with E-state index in [1.807, 2.05) is 0 Å². The second-order valence-corrected chi connectivity index (χ2v) is 4.19. The largest absolute Gasteiger partial charge is 0.412 e. The molecule has 0 bridgehead atoms. The van der Waals surface area contributed by atoms with Crippen molar-refractivity contribution in [1.82, 2.24) is 5.32 Å². The normalized spacial score (nSPS) is 11.0. The summed E-state index contributed by atoms with van der Waals surface area (Å²) in [5.41, 5.74) is 5.18. The molecule has 0 aromatic heterocycles. The fourth-order valence-corrected chi connectivity index (χ4v) is 0.946. The molecule has 4 nitrogen and oxygen atoms in total. The predicted molar refractivity (Wildman–Crippen MR) is 58.7 cm³/mol. The molecule has 0 aliphatic rings. The van der Waals surface area contributed by atoms with Gasteiger partial charge in [-0.25, -0.2) is 9.18 Å². The number of amides is 1. The van der Waals surface area contributed by atoms with Gasteiger partial charge in [0.25, 0.3) is 0 Å². The van der Waals surface area contributed by atoms with E-state index in [1.165, 1.54) is 24.3 Å². The Kier molecular flexibility index (Phi) is 3.84. The first-order valence-corrected chi connectivity index (χ1v) is 4.87. The Morgan fingerprint density at radius 1 is 1.44 bits per heavy atom. The van der Waals surface area contributed by atoms with Crippen LogP contribution in [-0.4, -0.2) is 18.2 Å². The Hall–Kier alpha value is -1.62. The zero-order valence-electron chi connectivity index (χ0n) is 9.29. The number of nitrogens with two attached hydrogens (primary N) is 1. The molecule has 1 amide bonds. The number of carbonyl (C=O) groups is 1. The first-order valence-electron chi connectivity index (χ1n) is 4.87. The third-order valence-corrected chi connectivity index (χ3v) is 1.71. The van der Waals surface area contributed by atoms with Crippen LogP contribution in [0.3, 0.4) is 0 Å². The van der Waals surface area contributed by atoms with E-state index in [4.69, 9.17) is 10.5 Å². The highest BCUT2D eigenvalue weighted by Gasteiger charge is 2.13. The molecule has 3 N–H and O–H groups in total. The van der Waals surface area contributed by atoms with Crippen molar-refractivity contribution in [2.24, 2.45) is 5.73 Å². The minimum Gasteiger partial charge on any atom is -0.410 e. The zero-order chi connectivity index (χ0) is 12.2. The molecular formula is C11H15FN2O2. The molecule has 1 aromatic carbocycles. The maximum Gasteiger partial charge on any atom is 0.412 e. The quantitative estimate of drug-likeness (QED) is 0.823. The zero-order valence-corrected chi connectivity index (χ0v) is 9.29. The van der Waals surface area contributed by atoms with Gasteiger partial charge in [-0.05, 0) is 38.1 Å². The Bertz CT molecular complexity index is 357. The molecule has 0 unspecified atom stereocenters. The molecule has 5 heteroatoms. The molecule has 1 aromatic rings. The lowest BCUT2D eigenvalue weighted by atomic mass is 10.1. The maximum atomic E-state index is 12.6. The molecule has 1 rings (SSSR count). The van der Waals surface area contributed by atoms with Crippen molar-refractivity contribution in [1.29, 1.82) is 0 Å². The molecule has 0 aliphatic carbocycles. The van der Waals surface area contributed by atoms with Gasteiger partial charge in [0.1, 0.15) is 11.6 Å². The monoisotopic (exact) mass is 226 g/mol. The maximum absolute atomic E-state index is 12.6. The van der Waals surface area contributed by atoms with E-state index in [-0.39, 0.29) is 11.6 Å². The Morgan fingerprint density at radius 3 is 2.50 bits per heavy atom. The number of benzene rings is 1. The summed E-state index contributed by atoms with van der Waals surface area (Å²) >= 11 is 0. The van der Waals surface area contributed by atoms with Crippen molar-refractivity contribution < 1.29 is 13.9 Å². The van der Waals surface area contributed by atoms with Gasteiger partial charge in [0, 0.05) is 12.1 Å². The van der Waals surface area contributed by atoms with E-state index in [2.05, 4.69) is 5.32 Å². The summed E-state index contributed by atoms with van der Waals surface area (Å²) in [6, 6.07) is 5.19. The van der Waals surface area contributed by atoms with Crippen molar-refractivity contribution in [2.45, 2.75) is 19.4 Å². The van der Waals surface area contributed by atoms with Gasteiger partial charge >= 0.3 is 6.09 Å². The van der Waals surface area contributed by atoms with E-state index in [9.17, 15) is 9.18 Å². The number of carbonyl (C=O) groups excluding carboxylic acids is 1. The summed E-state index contributed by atoms with van der Waals surface area (Å²) in [6.45, 7) is 3.86. The first kappa shape index (κ1) is 12.4. The molecule has 0 fully saturated rings.